The first-order chi connectivity index (χ1) is 26.6. The van der Waals surface area contributed by atoms with Crippen LogP contribution in [-0.4, -0.2) is 88.7 Å². The van der Waals surface area contributed by atoms with Gasteiger partial charge in [-0.15, -0.1) is 23.7 Å². The standard InChI is InChI=1S/C38H42F2N6O7S3.ClH/c1-23(2)37-44-33(24-8-6-9-25(20-24)45-56(49,50)36-28(39)10-7-11-29(36)40)35(54-37)30-12-15-41-38(43-30)42-26-21-31(51-3)34(32(22-26)52-4)53-27-13-16-46(17-14-27)18-19-55(5,47)48;/h6-12,15,20-23,27,45H,13-14,16-19H2,1-5H3,(H,41,42,43);1H. The number of ether oxygens (including phenoxy) is 3. The Hall–Kier alpha value is -4.62. The SMILES string of the molecule is COc1cc(Nc2nccc(-c3sc(C(C)C)nc3-c3cccc(NS(=O)(=O)c4c(F)cccc4F)c3)n2)cc(OC)c1OC1CCN(CCS(C)(=O)=O)CC1.Cl. The number of halogens is 3. The summed E-state index contributed by atoms with van der Waals surface area (Å²) in [6.45, 7) is 5.92. The third-order valence-corrected chi connectivity index (χ3v) is 12.7. The van der Waals surface area contributed by atoms with Gasteiger partial charge in [0.25, 0.3) is 10.0 Å². The largest absolute Gasteiger partial charge is 0.493 e. The van der Waals surface area contributed by atoms with Gasteiger partial charge in [0.2, 0.25) is 11.7 Å². The highest BCUT2D eigenvalue weighted by Crippen LogP contribution is 2.43. The normalized spacial score (nSPS) is 13.9. The zero-order valence-corrected chi connectivity index (χ0v) is 35.0. The number of methoxy groups -OCH3 is 2. The first kappa shape index (κ1) is 43.5. The molecular weight excluding hydrogens is 822 g/mol. The summed E-state index contributed by atoms with van der Waals surface area (Å²) in [5.74, 6) is -0.651. The summed E-state index contributed by atoms with van der Waals surface area (Å²) in [5, 5.41) is 4.04. The Balaban J connectivity index is 0.00000620. The third-order valence-electron chi connectivity index (χ3n) is 8.92. The van der Waals surface area contributed by atoms with Crippen molar-refractivity contribution in [2.75, 3.05) is 55.9 Å². The number of aromatic nitrogens is 3. The molecule has 1 aliphatic rings. The second-order valence-electron chi connectivity index (χ2n) is 13.5. The average Bonchev–Trinajstić information content (AvgIpc) is 3.61. The molecular formula is C38H43ClF2N6O7S3. The fourth-order valence-electron chi connectivity index (χ4n) is 6.08. The fourth-order valence-corrected chi connectivity index (χ4v) is 8.92. The highest BCUT2D eigenvalue weighted by atomic mass is 35.5. The van der Waals surface area contributed by atoms with Crippen molar-refractivity contribution in [2.24, 2.45) is 0 Å². The highest BCUT2D eigenvalue weighted by Gasteiger charge is 2.27. The van der Waals surface area contributed by atoms with E-state index in [0.29, 0.717) is 77.2 Å². The number of hydrogen-bond donors (Lipinski definition) is 2. The smallest absolute Gasteiger partial charge is 0.267 e. The summed E-state index contributed by atoms with van der Waals surface area (Å²) in [6, 6.07) is 14.5. The summed E-state index contributed by atoms with van der Waals surface area (Å²) in [5.41, 5.74) is 2.29. The predicted octanol–water partition coefficient (Wildman–Crippen LogP) is 7.54. The van der Waals surface area contributed by atoms with Crippen molar-refractivity contribution in [3.05, 3.63) is 83.5 Å². The molecule has 0 spiro atoms. The molecule has 0 saturated carbocycles. The molecule has 5 aromatic rings. The van der Waals surface area contributed by atoms with E-state index in [1.54, 1.807) is 42.6 Å². The Labute approximate surface area is 341 Å². The molecule has 1 saturated heterocycles. The van der Waals surface area contributed by atoms with Crippen molar-refractivity contribution in [1.82, 2.24) is 19.9 Å². The molecule has 0 radical (unpaired) electrons. The molecule has 2 N–H and O–H groups in total. The quantitative estimate of drug-likeness (QED) is 0.107. The molecule has 3 aromatic carbocycles. The van der Waals surface area contributed by atoms with E-state index in [1.165, 1.54) is 37.9 Å². The van der Waals surface area contributed by atoms with E-state index >= 15 is 0 Å². The van der Waals surface area contributed by atoms with Gasteiger partial charge >= 0.3 is 0 Å². The average molecular weight is 865 g/mol. The number of piperidine rings is 1. The molecule has 2 aromatic heterocycles. The molecule has 1 fully saturated rings. The van der Waals surface area contributed by atoms with Crippen LogP contribution in [0.15, 0.2) is 71.8 Å². The van der Waals surface area contributed by atoms with Gasteiger partial charge in [-0.1, -0.05) is 32.0 Å². The Kier molecular flexibility index (Phi) is 14.0. The van der Waals surface area contributed by atoms with Crippen LogP contribution in [0.5, 0.6) is 17.2 Å². The van der Waals surface area contributed by atoms with Crippen LogP contribution in [0.1, 0.15) is 37.6 Å². The number of sulfone groups is 1. The summed E-state index contributed by atoms with van der Waals surface area (Å²) < 4.78 is 98.2. The van der Waals surface area contributed by atoms with Gasteiger partial charge in [0.15, 0.2) is 16.4 Å². The minimum absolute atomic E-state index is 0. The number of hydrogen-bond acceptors (Lipinski definition) is 13. The van der Waals surface area contributed by atoms with Crippen molar-refractivity contribution in [3.8, 4) is 39.1 Å². The maximum atomic E-state index is 14.4. The molecule has 1 aliphatic heterocycles. The van der Waals surface area contributed by atoms with E-state index in [4.69, 9.17) is 24.2 Å². The summed E-state index contributed by atoms with van der Waals surface area (Å²) in [7, 11) is -4.57. The molecule has 19 heteroatoms. The topological polar surface area (TPSA) is 162 Å². The van der Waals surface area contributed by atoms with Crippen LogP contribution in [0, 0.1) is 11.6 Å². The lowest BCUT2D eigenvalue weighted by molar-refractivity contribution is 0.0984. The number of anilines is 3. The summed E-state index contributed by atoms with van der Waals surface area (Å²) in [4.78, 5) is 15.9. The first-order valence-corrected chi connectivity index (χ1v) is 22.0. The monoisotopic (exact) mass is 864 g/mol. The van der Waals surface area contributed by atoms with Crippen molar-refractivity contribution in [3.63, 3.8) is 0 Å². The van der Waals surface area contributed by atoms with Crippen molar-refractivity contribution < 1.29 is 39.8 Å². The van der Waals surface area contributed by atoms with Gasteiger partial charge in [-0.2, -0.15) is 0 Å². The number of rotatable bonds is 15. The van der Waals surface area contributed by atoms with Gasteiger partial charge in [0.05, 0.1) is 41.2 Å². The highest BCUT2D eigenvalue weighted by molar-refractivity contribution is 7.92. The second-order valence-corrected chi connectivity index (χ2v) is 18.4. The van der Waals surface area contributed by atoms with E-state index in [0.717, 1.165) is 23.2 Å². The van der Waals surface area contributed by atoms with Crippen LogP contribution in [-0.2, 0) is 19.9 Å². The zero-order valence-electron chi connectivity index (χ0n) is 31.8. The van der Waals surface area contributed by atoms with Crippen LogP contribution in [0.25, 0.3) is 21.8 Å². The molecule has 0 atom stereocenters. The minimum Gasteiger partial charge on any atom is -0.493 e. The first-order valence-electron chi connectivity index (χ1n) is 17.6. The minimum atomic E-state index is -4.60. The molecule has 0 amide bonds. The van der Waals surface area contributed by atoms with Crippen LogP contribution >= 0.6 is 23.7 Å². The van der Waals surface area contributed by atoms with E-state index in [2.05, 4.69) is 19.9 Å². The number of likely N-dealkylation sites (tertiary alicyclic amines) is 1. The van der Waals surface area contributed by atoms with Crippen molar-refractivity contribution >= 4 is 60.9 Å². The van der Waals surface area contributed by atoms with Crippen molar-refractivity contribution in [1.29, 1.82) is 0 Å². The molecule has 0 bridgehead atoms. The molecule has 6 rings (SSSR count). The molecule has 57 heavy (non-hydrogen) atoms. The van der Waals surface area contributed by atoms with Gasteiger partial charge in [0.1, 0.15) is 27.6 Å². The van der Waals surface area contributed by atoms with E-state index in [-0.39, 0.29) is 41.8 Å². The number of benzene rings is 3. The predicted molar refractivity (Wildman–Crippen MR) is 220 cm³/mol. The van der Waals surface area contributed by atoms with Gasteiger partial charge in [-0.25, -0.2) is 40.6 Å². The molecule has 3 heterocycles. The summed E-state index contributed by atoms with van der Waals surface area (Å²) in [6.07, 6.45) is 4.15. The van der Waals surface area contributed by atoms with Crippen LogP contribution in [0.2, 0.25) is 0 Å². The second kappa shape index (κ2) is 18.3. The van der Waals surface area contributed by atoms with Gasteiger partial charge in [-0.3, -0.25) is 4.72 Å². The van der Waals surface area contributed by atoms with Gasteiger partial charge in [-0.05, 0) is 43.2 Å². The third kappa shape index (κ3) is 10.7. The zero-order chi connectivity index (χ0) is 40.2. The maximum absolute atomic E-state index is 14.4. The van der Waals surface area contributed by atoms with Crippen molar-refractivity contribution in [2.45, 2.75) is 43.6 Å². The van der Waals surface area contributed by atoms with Crippen LogP contribution in [0.3, 0.4) is 0 Å². The number of sulfonamides is 1. The van der Waals surface area contributed by atoms with E-state index < -0.39 is 36.4 Å². The molecule has 0 aliphatic carbocycles. The Morgan fingerprint density at radius 2 is 1.56 bits per heavy atom. The Morgan fingerprint density at radius 1 is 0.912 bits per heavy atom. The summed E-state index contributed by atoms with van der Waals surface area (Å²) >= 11 is 1.43. The molecule has 13 nitrogen and oxygen atoms in total. The van der Waals surface area contributed by atoms with Gasteiger partial charge < -0.3 is 24.4 Å². The Morgan fingerprint density at radius 3 is 2.18 bits per heavy atom. The van der Waals surface area contributed by atoms with E-state index in [9.17, 15) is 25.6 Å². The number of thiazole rings is 1. The lowest BCUT2D eigenvalue weighted by atomic mass is 10.1. The number of nitrogens with zero attached hydrogens (tertiary/aromatic N) is 4. The van der Waals surface area contributed by atoms with Gasteiger partial charge in [0, 0.05) is 67.1 Å². The fraction of sp³-hybridized carbons (Fsp3) is 0.342. The molecule has 306 valence electrons. The maximum Gasteiger partial charge on any atom is 0.267 e. The lowest BCUT2D eigenvalue weighted by Gasteiger charge is -2.32. The Bertz CT molecular complexity index is 2380. The van der Waals surface area contributed by atoms with Crippen LogP contribution in [0.4, 0.5) is 26.1 Å². The van der Waals surface area contributed by atoms with E-state index in [1.807, 2.05) is 13.8 Å². The van der Waals surface area contributed by atoms with Crippen LogP contribution < -0.4 is 24.2 Å². The molecule has 0 unspecified atom stereocenters. The lowest BCUT2D eigenvalue weighted by Crippen LogP contribution is -2.40. The number of nitrogens with one attached hydrogen (secondary N) is 2.